The van der Waals surface area contributed by atoms with Gasteiger partial charge in [-0.2, -0.15) is 0 Å². The van der Waals surface area contributed by atoms with Crippen molar-refractivity contribution in [3.8, 4) is 0 Å². The summed E-state index contributed by atoms with van der Waals surface area (Å²) in [5, 5.41) is 7.94. The molecule has 0 radical (unpaired) electrons. The normalized spacial score (nSPS) is 14.2. The smallest absolute Gasteiger partial charge is 0.243 e. The van der Waals surface area contributed by atoms with Crippen molar-refractivity contribution in [2.24, 2.45) is 23.3 Å². The minimum atomic E-state index is -0.808. The second-order valence-corrected chi connectivity index (χ2v) is 9.20. The van der Waals surface area contributed by atoms with Crippen LogP contribution in [0.1, 0.15) is 53.9 Å². The van der Waals surface area contributed by atoms with Crippen LogP contribution in [-0.2, 0) is 19.2 Å². The fourth-order valence-corrected chi connectivity index (χ4v) is 3.36. The summed E-state index contributed by atoms with van der Waals surface area (Å²) >= 11 is 1.07. The SMILES string of the molecule is CC(=O)NCCSC(=O)[C@H](CC(C)C)NC(=O)[C@H](CCCN)NC(=O)[C@@H](N)C(C)C. The quantitative estimate of drug-likeness (QED) is 0.238. The largest absolute Gasteiger partial charge is 0.356 e. The molecule has 0 unspecified atom stereocenters. The van der Waals surface area contributed by atoms with Gasteiger partial charge in [0.05, 0.1) is 12.1 Å². The Morgan fingerprint density at radius 3 is 2.07 bits per heavy atom. The van der Waals surface area contributed by atoms with Gasteiger partial charge in [0.2, 0.25) is 22.8 Å². The van der Waals surface area contributed by atoms with Gasteiger partial charge in [-0.3, -0.25) is 19.2 Å². The number of thioether (sulfide) groups is 1. The van der Waals surface area contributed by atoms with Crippen LogP contribution < -0.4 is 27.4 Å². The summed E-state index contributed by atoms with van der Waals surface area (Å²) in [5.74, 6) is -0.458. The number of rotatable bonds is 14. The standard InChI is InChI=1S/C20H39N5O4S/c1-12(2)11-16(20(29)30-10-9-23-14(5)26)25-18(27)15(7-6-8-21)24-19(28)17(22)13(3)4/h12-13,15-17H,6-11,21-22H2,1-5H3,(H,23,26)(H,24,28)(H,25,27)/t15-,16-,17-/m0/s1. The van der Waals surface area contributed by atoms with Gasteiger partial charge in [-0.1, -0.05) is 39.5 Å². The van der Waals surface area contributed by atoms with Crippen LogP contribution in [0.4, 0.5) is 0 Å². The fraction of sp³-hybridized carbons (Fsp3) is 0.800. The van der Waals surface area contributed by atoms with Crippen LogP contribution in [0.5, 0.6) is 0 Å². The number of carbonyl (C=O) groups excluding carboxylic acids is 4. The lowest BCUT2D eigenvalue weighted by Crippen LogP contribution is -2.55. The summed E-state index contributed by atoms with van der Waals surface area (Å²) in [4.78, 5) is 48.8. The zero-order valence-corrected chi connectivity index (χ0v) is 19.6. The maximum absolute atomic E-state index is 12.9. The minimum absolute atomic E-state index is 0.0708. The van der Waals surface area contributed by atoms with E-state index in [1.807, 2.05) is 27.7 Å². The average Bonchev–Trinajstić information content (AvgIpc) is 2.66. The van der Waals surface area contributed by atoms with E-state index in [0.717, 1.165) is 11.8 Å². The first kappa shape index (κ1) is 28.4. The van der Waals surface area contributed by atoms with Crippen molar-refractivity contribution in [3.63, 3.8) is 0 Å². The van der Waals surface area contributed by atoms with E-state index in [2.05, 4.69) is 16.0 Å². The van der Waals surface area contributed by atoms with Crippen molar-refractivity contribution in [2.75, 3.05) is 18.8 Å². The molecule has 0 saturated heterocycles. The Morgan fingerprint density at radius 2 is 1.57 bits per heavy atom. The fourth-order valence-electron chi connectivity index (χ4n) is 2.60. The summed E-state index contributed by atoms with van der Waals surface area (Å²) in [6.45, 7) is 9.74. The van der Waals surface area contributed by atoms with Crippen molar-refractivity contribution < 1.29 is 19.2 Å². The number of hydrogen-bond acceptors (Lipinski definition) is 7. The number of nitrogens with one attached hydrogen (secondary N) is 3. The monoisotopic (exact) mass is 445 g/mol. The van der Waals surface area contributed by atoms with Gasteiger partial charge in [0.25, 0.3) is 0 Å². The van der Waals surface area contributed by atoms with Crippen LogP contribution >= 0.6 is 11.8 Å². The van der Waals surface area contributed by atoms with E-state index < -0.39 is 29.9 Å². The second-order valence-electron chi connectivity index (χ2n) is 8.10. The summed E-state index contributed by atoms with van der Waals surface area (Å²) in [6, 6.07) is -2.22. The van der Waals surface area contributed by atoms with Gasteiger partial charge in [0.15, 0.2) is 0 Å². The zero-order chi connectivity index (χ0) is 23.3. The van der Waals surface area contributed by atoms with Crippen molar-refractivity contribution >= 4 is 34.6 Å². The molecular weight excluding hydrogens is 406 g/mol. The molecule has 30 heavy (non-hydrogen) atoms. The number of nitrogens with two attached hydrogens (primary N) is 2. The Labute approximate surface area is 184 Å². The molecule has 0 bridgehead atoms. The molecule has 7 N–H and O–H groups in total. The van der Waals surface area contributed by atoms with Gasteiger partial charge in [0, 0.05) is 19.2 Å². The number of hydrogen-bond donors (Lipinski definition) is 5. The van der Waals surface area contributed by atoms with E-state index in [4.69, 9.17) is 11.5 Å². The highest BCUT2D eigenvalue weighted by Gasteiger charge is 2.29. The number of carbonyl (C=O) groups is 4. The van der Waals surface area contributed by atoms with E-state index in [0.29, 0.717) is 38.1 Å². The van der Waals surface area contributed by atoms with Crippen LogP contribution in [0.3, 0.4) is 0 Å². The molecule has 0 aliphatic rings. The van der Waals surface area contributed by atoms with Crippen molar-refractivity contribution in [2.45, 2.75) is 72.0 Å². The van der Waals surface area contributed by atoms with Gasteiger partial charge in [-0.05, 0) is 37.6 Å². The number of amides is 3. The van der Waals surface area contributed by atoms with Gasteiger partial charge in [-0.25, -0.2) is 0 Å². The van der Waals surface area contributed by atoms with Crippen molar-refractivity contribution in [1.29, 1.82) is 0 Å². The summed E-state index contributed by atoms with van der Waals surface area (Å²) in [7, 11) is 0. The molecule has 0 aliphatic heterocycles. The maximum Gasteiger partial charge on any atom is 0.243 e. The highest BCUT2D eigenvalue weighted by molar-refractivity contribution is 8.13. The first-order chi connectivity index (χ1) is 14.0. The summed E-state index contributed by atoms with van der Waals surface area (Å²) in [6.07, 6.45) is 1.38. The lowest BCUT2D eigenvalue weighted by molar-refractivity contribution is -0.131. The minimum Gasteiger partial charge on any atom is -0.356 e. The van der Waals surface area contributed by atoms with Crippen molar-refractivity contribution in [3.05, 3.63) is 0 Å². The van der Waals surface area contributed by atoms with E-state index in [1.54, 1.807) is 0 Å². The first-order valence-electron chi connectivity index (χ1n) is 10.5. The third kappa shape index (κ3) is 12.1. The second kappa shape index (κ2) is 15.2. The molecule has 0 aliphatic carbocycles. The molecule has 0 saturated carbocycles. The first-order valence-corrected chi connectivity index (χ1v) is 11.5. The zero-order valence-electron chi connectivity index (χ0n) is 18.8. The molecule has 174 valence electrons. The average molecular weight is 446 g/mol. The van der Waals surface area contributed by atoms with Crippen LogP contribution in [0, 0.1) is 11.8 Å². The Balaban J connectivity index is 5.10. The lowest BCUT2D eigenvalue weighted by Gasteiger charge is -2.25. The third-order valence-electron chi connectivity index (χ3n) is 4.38. The predicted octanol–water partition coefficient (Wildman–Crippen LogP) is 0.120. The molecule has 0 aromatic carbocycles. The Hall–Kier alpha value is -1.65. The van der Waals surface area contributed by atoms with Crippen LogP contribution in [0.2, 0.25) is 0 Å². The van der Waals surface area contributed by atoms with Crippen molar-refractivity contribution in [1.82, 2.24) is 16.0 Å². The Kier molecular flexibility index (Phi) is 14.4. The highest BCUT2D eigenvalue weighted by atomic mass is 32.2. The van der Waals surface area contributed by atoms with E-state index in [-0.39, 0.29) is 22.9 Å². The van der Waals surface area contributed by atoms with Gasteiger partial charge in [0.1, 0.15) is 6.04 Å². The molecule has 0 spiro atoms. The van der Waals surface area contributed by atoms with Gasteiger partial charge < -0.3 is 27.4 Å². The van der Waals surface area contributed by atoms with Crippen LogP contribution in [0.25, 0.3) is 0 Å². The molecule has 10 heteroatoms. The lowest BCUT2D eigenvalue weighted by atomic mass is 10.0. The van der Waals surface area contributed by atoms with E-state index in [9.17, 15) is 19.2 Å². The Bertz CT molecular complexity index is 571. The molecule has 0 aromatic rings. The van der Waals surface area contributed by atoms with E-state index in [1.165, 1.54) is 6.92 Å². The molecule has 3 atom stereocenters. The van der Waals surface area contributed by atoms with Gasteiger partial charge >= 0.3 is 0 Å². The Morgan fingerprint density at radius 1 is 0.967 bits per heavy atom. The van der Waals surface area contributed by atoms with E-state index >= 15 is 0 Å². The van der Waals surface area contributed by atoms with Gasteiger partial charge in [-0.15, -0.1) is 0 Å². The molecule has 0 heterocycles. The predicted molar refractivity (Wildman–Crippen MR) is 121 cm³/mol. The summed E-state index contributed by atoms with van der Waals surface area (Å²) < 4.78 is 0. The molecule has 0 fully saturated rings. The molecule has 9 nitrogen and oxygen atoms in total. The topological polar surface area (TPSA) is 156 Å². The molecule has 0 aromatic heterocycles. The molecule has 3 amide bonds. The van der Waals surface area contributed by atoms with Crippen LogP contribution in [-0.4, -0.2) is 59.8 Å². The highest BCUT2D eigenvalue weighted by Crippen LogP contribution is 2.14. The maximum atomic E-state index is 12.9. The third-order valence-corrected chi connectivity index (χ3v) is 5.36. The molecule has 0 rings (SSSR count). The van der Waals surface area contributed by atoms with Crippen LogP contribution in [0.15, 0.2) is 0 Å². The molecular formula is C20H39N5O4S. The summed E-state index contributed by atoms with van der Waals surface area (Å²) in [5.41, 5.74) is 11.4.